The van der Waals surface area contributed by atoms with E-state index in [0.717, 1.165) is 25.4 Å². The smallest absolute Gasteiger partial charge is 0.129 e. The van der Waals surface area contributed by atoms with Crippen LogP contribution in [-0.4, -0.2) is 38.2 Å². The minimum atomic E-state index is 0.565. The molecule has 0 unspecified atom stereocenters. The maximum absolute atomic E-state index is 5.17. The van der Waals surface area contributed by atoms with Crippen LogP contribution in [0.1, 0.15) is 18.7 Å². The topological polar surface area (TPSA) is 24.5 Å². The van der Waals surface area contributed by atoms with Gasteiger partial charge in [0.15, 0.2) is 0 Å². The maximum atomic E-state index is 5.17. The minimum Gasteiger partial charge on any atom is -0.496 e. The number of nitrogens with one attached hydrogen (secondary N) is 1. The quantitative estimate of drug-likeness (QED) is 0.793. The van der Waals surface area contributed by atoms with Gasteiger partial charge in [-0.1, -0.05) is 13.8 Å². The monoisotopic (exact) mass is 242 g/mol. The van der Waals surface area contributed by atoms with Crippen molar-refractivity contribution in [2.24, 2.45) is 0 Å². The number of thiophene rings is 1. The Hall–Kier alpha value is -0.580. The van der Waals surface area contributed by atoms with E-state index in [1.807, 2.05) is 0 Å². The fraction of sp³-hybridized carbons (Fsp3) is 0.667. The summed E-state index contributed by atoms with van der Waals surface area (Å²) in [4.78, 5) is 3.67. The van der Waals surface area contributed by atoms with Crippen LogP contribution < -0.4 is 10.1 Å². The van der Waals surface area contributed by atoms with Crippen molar-refractivity contribution in [2.75, 3.05) is 27.2 Å². The molecular formula is C12H22N2OS. The van der Waals surface area contributed by atoms with Gasteiger partial charge < -0.3 is 15.0 Å². The number of nitrogens with zero attached hydrogens (tertiary/aromatic N) is 1. The van der Waals surface area contributed by atoms with Gasteiger partial charge in [0.25, 0.3) is 0 Å². The van der Waals surface area contributed by atoms with Crippen molar-refractivity contribution in [3.8, 4) is 5.75 Å². The SMILES string of the molecule is COc1csc(CN(C)CCNC(C)C)c1. The van der Waals surface area contributed by atoms with E-state index in [9.17, 15) is 0 Å². The molecule has 0 saturated carbocycles. The summed E-state index contributed by atoms with van der Waals surface area (Å²) in [7, 11) is 3.86. The van der Waals surface area contributed by atoms with Crippen LogP contribution in [0.3, 0.4) is 0 Å². The van der Waals surface area contributed by atoms with Crippen LogP contribution in [0.15, 0.2) is 11.4 Å². The summed E-state index contributed by atoms with van der Waals surface area (Å²) in [5.41, 5.74) is 0. The molecule has 0 bridgehead atoms. The molecule has 1 heterocycles. The van der Waals surface area contributed by atoms with Crippen LogP contribution in [-0.2, 0) is 6.54 Å². The first-order chi connectivity index (χ1) is 7.61. The van der Waals surface area contributed by atoms with Gasteiger partial charge >= 0.3 is 0 Å². The zero-order chi connectivity index (χ0) is 12.0. The second-order valence-corrected chi connectivity index (χ2v) is 5.30. The summed E-state index contributed by atoms with van der Waals surface area (Å²) in [6.07, 6.45) is 0. The van der Waals surface area contributed by atoms with E-state index < -0.39 is 0 Å². The summed E-state index contributed by atoms with van der Waals surface area (Å²) >= 11 is 1.76. The van der Waals surface area contributed by atoms with Crippen molar-refractivity contribution in [3.63, 3.8) is 0 Å². The van der Waals surface area contributed by atoms with Gasteiger partial charge in [0.1, 0.15) is 5.75 Å². The summed E-state index contributed by atoms with van der Waals surface area (Å²) in [5, 5.41) is 5.47. The molecule has 0 saturated heterocycles. The first kappa shape index (κ1) is 13.5. The lowest BCUT2D eigenvalue weighted by Crippen LogP contribution is -2.32. The predicted octanol–water partition coefficient (Wildman–Crippen LogP) is 2.19. The molecule has 1 rings (SSSR count). The molecule has 1 N–H and O–H groups in total. The van der Waals surface area contributed by atoms with Crippen LogP contribution in [0.25, 0.3) is 0 Å². The predicted molar refractivity (Wildman–Crippen MR) is 70.3 cm³/mol. The average Bonchev–Trinajstić information content (AvgIpc) is 2.65. The van der Waals surface area contributed by atoms with Crippen molar-refractivity contribution in [3.05, 3.63) is 16.3 Å². The number of rotatable bonds is 7. The van der Waals surface area contributed by atoms with Crippen LogP contribution in [0.5, 0.6) is 5.75 Å². The largest absolute Gasteiger partial charge is 0.496 e. The highest BCUT2D eigenvalue weighted by atomic mass is 32.1. The molecule has 1 aromatic rings. The molecule has 0 aliphatic carbocycles. The maximum Gasteiger partial charge on any atom is 0.129 e. The molecule has 0 amide bonds. The lowest BCUT2D eigenvalue weighted by Gasteiger charge is -2.17. The summed E-state index contributed by atoms with van der Waals surface area (Å²) in [6.45, 7) is 7.44. The van der Waals surface area contributed by atoms with Gasteiger partial charge in [0, 0.05) is 35.9 Å². The van der Waals surface area contributed by atoms with Crippen molar-refractivity contribution >= 4 is 11.3 Å². The molecule has 92 valence electrons. The third-order valence-corrected chi connectivity index (χ3v) is 3.24. The van der Waals surface area contributed by atoms with E-state index in [1.165, 1.54) is 4.88 Å². The Kier molecular flexibility index (Phi) is 5.80. The molecule has 0 spiro atoms. The molecule has 0 atom stereocenters. The molecule has 0 aliphatic rings. The molecular weight excluding hydrogens is 220 g/mol. The van der Waals surface area contributed by atoms with Gasteiger partial charge in [-0.25, -0.2) is 0 Å². The fourth-order valence-corrected chi connectivity index (χ4v) is 2.35. The molecule has 16 heavy (non-hydrogen) atoms. The number of ether oxygens (including phenoxy) is 1. The first-order valence-electron chi connectivity index (χ1n) is 5.65. The van der Waals surface area contributed by atoms with E-state index in [1.54, 1.807) is 18.4 Å². The normalized spacial score (nSPS) is 11.4. The highest BCUT2D eigenvalue weighted by Gasteiger charge is 2.04. The Morgan fingerprint density at radius 1 is 1.50 bits per heavy atom. The van der Waals surface area contributed by atoms with E-state index >= 15 is 0 Å². The van der Waals surface area contributed by atoms with Crippen molar-refractivity contribution in [2.45, 2.75) is 26.4 Å². The fourth-order valence-electron chi connectivity index (χ4n) is 1.44. The average molecular weight is 242 g/mol. The lowest BCUT2D eigenvalue weighted by molar-refractivity contribution is 0.322. The highest BCUT2D eigenvalue weighted by molar-refractivity contribution is 7.10. The van der Waals surface area contributed by atoms with Gasteiger partial charge in [-0.2, -0.15) is 0 Å². The Labute approximate surface area is 102 Å². The number of hydrogen-bond acceptors (Lipinski definition) is 4. The van der Waals surface area contributed by atoms with Crippen LogP contribution in [0, 0.1) is 0 Å². The van der Waals surface area contributed by atoms with Crippen LogP contribution in [0.4, 0.5) is 0 Å². The van der Waals surface area contributed by atoms with Crippen LogP contribution >= 0.6 is 11.3 Å². The van der Waals surface area contributed by atoms with Gasteiger partial charge in [0.2, 0.25) is 0 Å². The summed E-state index contributed by atoms with van der Waals surface area (Å²) in [5.74, 6) is 0.966. The standard InChI is InChI=1S/C12H22N2OS/c1-10(2)13-5-6-14(3)8-12-7-11(15-4)9-16-12/h7,9-10,13H,5-6,8H2,1-4H3. The van der Waals surface area contributed by atoms with Gasteiger partial charge in [-0.05, 0) is 13.1 Å². The van der Waals surface area contributed by atoms with E-state index in [0.29, 0.717) is 6.04 Å². The number of methoxy groups -OCH3 is 1. The second kappa shape index (κ2) is 6.89. The first-order valence-corrected chi connectivity index (χ1v) is 6.53. The highest BCUT2D eigenvalue weighted by Crippen LogP contribution is 2.21. The summed E-state index contributed by atoms with van der Waals surface area (Å²) in [6, 6.07) is 2.67. The third-order valence-electron chi connectivity index (χ3n) is 2.34. The molecule has 0 aliphatic heterocycles. The van der Waals surface area contributed by atoms with Gasteiger partial charge in [-0.15, -0.1) is 11.3 Å². The minimum absolute atomic E-state index is 0.565. The molecule has 3 nitrogen and oxygen atoms in total. The van der Waals surface area contributed by atoms with Crippen molar-refractivity contribution in [1.82, 2.24) is 10.2 Å². The summed E-state index contributed by atoms with van der Waals surface area (Å²) < 4.78 is 5.17. The molecule has 0 aromatic carbocycles. The van der Waals surface area contributed by atoms with E-state index in [2.05, 4.69) is 42.6 Å². The van der Waals surface area contributed by atoms with E-state index in [-0.39, 0.29) is 0 Å². The number of likely N-dealkylation sites (N-methyl/N-ethyl adjacent to an activating group) is 1. The zero-order valence-electron chi connectivity index (χ0n) is 10.6. The Bertz CT molecular complexity index is 299. The molecule has 4 heteroatoms. The van der Waals surface area contributed by atoms with Gasteiger partial charge in [0.05, 0.1) is 7.11 Å². The number of hydrogen-bond donors (Lipinski definition) is 1. The molecule has 1 aromatic heterocycles. The molecule has 0 radical (unpaired) electrons. The Morgan fingerprint density at radius 2 is 2.25 bits per heavy atom. The van der Waals surface area contributed by atoms with Gasteiger partial charge in [-0.3, -0.25) is 0 Å². The Balaban J connectivity index is 2.25. The van der Waals surface area contributed by atoms with E-state index in [4.69, 9.17) is 4.74 Å². The third kappa shape index (κ3) is 4.96. The second-order valence-electron chi connectivity index (χ2n) is 4.30. The molecule has 0 fully saturated rings. The van der Waals surface area contributed by atoms with Crippen molar-refractivity contribution in [1.29, 1.82) is 0 Å². The Morgan fingerprint density at radius 3 is 2.81 bits per heavy atom. The zero-order valence-corrected chi connectivity index (χ0v) is 11.4. The lowest BCUT2D eigenvalue weighted by atomic mass is 10.4. The van der Waals surface area contributed by atoms with Crippen LogP contribution in [0.2, 0.25) is 0 Å². The van der Waals surface area contributed by atoms with Crippen molar-refractivity contribution < 1.29 is 4.74 Å².